The molecule has 0 spiro atoms. The molecule has 26 heavy (non-hydrogen) atoms. The molecule has 0 aromatic heterocycles. The Balaban J connectivity index is 1.97. The Hall–Kier alpha value is -0.820. The number of sulfonamides is 1. The van der Waals surface area contributed by atoms with E-state index in [0.29, 0.717) is 41.5 Å². The van der Waals surface area contributed by atoms with Gasteiger partial charge in [-0.1, -0.05) is 49.0 Å². The first kappa shape index (κ1) is 21.5. The predicted molar refractivity (Wildman–Crippen MR) is 106 cm³/mol. The Bertz CT molecular complexity index is 725. The van der Waals surface area contributed by atoms with Crippen LogP contribution in [0.2, 0.25) is 10.0 Å². The van der Waals surface area contributed by atoms with Gasteiger partial charge in [0.05, 0.1) is 11.7 Å². The fraction of sp³-hybridized carbons (Fsp3) is 0.611. The minimum absolute atomic E-state index is 0.0504. The lowest BCUT2D eigenvalue weighted by Crippen LogP contribution is -2.45. The molecule has 1 aromatic rings. The van der Waals surface area contributed by atoms with Crippen molar-refractivity contribution in [3.8, 4) is 0 Å². The topological polar surface area (TPSA) is 66.5 Å². The molecule has 0 radical (unpaired) electrons. The second-order valence-electron chi connectivity index (χ2n) is 6.69. The lowest BCUT2D eigenvalue weighted by atomic mass is 9.99. The van der Waals surface area contributed by atoms with Crippen LogP contribution in [0.25, 0.3) is 0 Å². The van der Waals surface area contributed by atoms with Gasteiger partial charge in [0, 0.05) is 29.7 Å². The van der Waals surface area contributed by atoms with Crippen molar-refractivity contribution >= 4 is 39.1 Å². The normalized spacial score (nSPS) is 18.7. The summed E-state index contributed by atoms with van der Waals surface area (Å²) in [5.74, 6) is -0.528. The molecule has 1 aliphatic rings. The Labute approximate surface area is 166 Å². The van der Waals surface area contributed by atoms with Gasteiger partial charge in [0.25, 0.3) is 0 Å². The molecule has 146 valence electrons. The monoisotopic (exact) mass is 420 g/mol. The molecule has 1 amide bonds. The summed E-state index contributed by atoms with van der Waals surface area (Å²) >= 11 is 12.0. The van der Waals surface area contributed by atoms with Crippen LogP contribution in [0.3, 0.4) is 0 Å². The summed E-state index contributed by atoms with van der Waals surface area (Å²) in [7, 11) is -3.54. The van der Waals surface area contributed by atoms with Crippen LogP contribution in [-0.4, -0.2) is 38.3 Å². The third kappa shape index (κ3) is 6.12. The zero-order valence-electron chi connectivity index (χ0n) is 15.0. The van der Waals surface area contributed by atoms with Gasteiger partial charge in [-0.05, 0) is 37.0 Å². The van der Waals surface area contributed by atoms with Crippen molar-refractivity contribution < 1.29 is 13.2 Å². The van der Waals surface area contributed by atoms with Gasteiger partial charge in [-0.3, -0.25) is 4.79 Å². The number of benzene rings is 1. The number of amides is 1. The van der Waals surface area contributed by atoms with Crippen molar-refractivity contribution in [1.29, 1.82) is 0 Å². The number of piperidine rings is 1. The van der Waals surface area contributed by atoms with Gasteiger partial charge in [-0.25, -0.2) is 12.7 Å². The van der Waals surface area contributed by atoms with E-state index in [2.05, 4.69) is 12.2 Å². The predicted octanol–water partition coefficient (Wildman–Crippen LogP) is 3.84. The summed E-state index contributed by atoms with van der Waals surface area (Å²) in [5, 5.41) is 3.73. The van der Waals surface area contributed by atoms with Gasteiger partial charge in [-0.15, -0.1) is 0 Å². The molecule has 1 saturated heterocycles. The molecule has 0 aliphatic carbocycles. The number of hydrogen-bond acceptors (Lipinski definition) is 3. The van der Waals surface area contributed by atoms with Gasteiger partial charge in [0.1, 0.15) is 0 Å². The summed E-state index contributed by atoms with van der Waals surface area (Å²) in [6, 6.07) is 4.79. The van der Waals surface area contributed by atoms with Gasteiger partial charge >= 0.3 is 0 Å². The molecule has 1 aliphatic heterocycles. The van der Waals surface area contributed by atoms with Crippen LogP contribution in [0, 0.1) is 5.92 Å². The van der Waals surface area contributed by atoms with Crippen LogP contribution in [0.1, 0.15) is 44.6 Å². The average Bonchev–Trinajstić information content (AvgIpc) is 2.61. The van der Waals surface area contributed by atoms with Crippen molar-refractivity contribution in [2.75, 3.05) is 19.6 Å². The number of rotatable bonds is 8. The SMILES string of the molecule is CCCCCNC(=O)[C@@H]1CCCN(S(=O)(=O)Cc2ccc(Cl)cc2Cl)C1. The summed E-state index contributed by atoms with van der Waals surface area (Å²) < 4.78 is 26.9. The van der Waals surface area contributed by atoms with E-state index in [1.165, 1.54) is 10.4 Å². The summed E-state index contributed by atoms with van der Waals surface area (Å²) in [5.41, 5.74) is 0.516. The molecular weight excluding hydrogens is 395 g/mol. The highest BCUT2D eigenvalue weighted by atomic mass is 35.5. The van der Waals surface area contributed by atoms with Gasteiger partial charge in [0.15, 0.2) is 0 Å². The van der Waals surface area contributed by atoms with Crippen LogP contribution in [0.15, 0.2) is 18.2 Å². The lowest BCUT2D eigenvalue weighted by molar-refractivity contribution is -0.126. The van der Waals surface area contributed by atoms with E-state index in [-0.39, 0.29) is 24.1 Å². The van der Waals surface area contributed by atoms with E-state index < -0.39 is 10.0 Å². The van der Waals surface area contributed by atoms with E-state index in [1.807, 2.05) is 0 Å². The van der Waals surface area contributed by atoms with Crippen molar-refractivity contribution in [1.82, 2.24) is 9.62 Å². The summed E-state index contributed by atoms with van der Waals surface area (Å²) in [4.78, 5) is 12.3. The second-order valence-corrected chi connectivity index (χ2v) is 9.50. The van der Waals surface area contributed by atoms with E-state index in [1.54, 1.807) is 12.1 Å². The maximum absolute atomic E-state index is 12.8. The fourth-order valence-corrected chi connectivity index (χ4v) is 5.26. The molecule has 0 bridgehead atoms. The molecule has 0 saturated carbocycles. The number of carbonyl (C=O) groups is 1. The minimum atomic E-state index is -3.54. The van der Waals surface area contributed by atoms with Crippen LogP contribution >= 0.6 is 23.2 Å². The van der Waals surface area contributed by atoms with Crippen molar-refractivity contribution in [2.24, 2.45) is 5.92 Å². The molecule has 2 rings (SSSR count). The molecular formula is C18H26Cl2N2O3S. The molecule has 1 aromatic carbocycles. The molecule has 8 heteroatoms. The van der Waals surface area contributed by atoms with Gasteiger partial charge in [-0.2, -0.15) is 0 Å². The van der Waals surface area contributed by atoms with Crippen LogP contribution in [-0.2, 0) is 20.6 Å². The molecule has 1 atom stereocenters. The number of nitrogens with one attached hydrogen (secondary N) is 1. The van der Waals surface area contributed by atoms with Crippen molar-refractivity contribution in [3.05, 3.63) is 33.8 Å². The number of unbranched alkanes of at least 4 members (excludes halogenated alkanes) is 2. The van der Waals surface area contributed by atoms with E-state index in [9.17, 15) is 13.2 Å². The smallest absolute Gasteiger partial charge is 0.224 e. The van der Waals surface area contributed by atoms with Gasteiger partial charge in [0.2, 0.25) is 15.9 Å². The van der Waals surface area contributed by atoms with E-state index >= 15 is 0 Å². The standard InChI is InChI=1S/C18H26Cl2N2O3S/c1-2-3-4-9-21-18(23)14-6-5-10-22(12-14)26(24,25)13-15-7-8-16(19)11-17(15)20/h7-8,11,14H,2-6,9-10,12-13H2,1H3,(H,21,23)/t14-/m1/s1. The zero-order valence-corrected chi connectivity index (χ0v) is 17.3. The molecule has 0 unspecified atom stereocenters. The maximum Gasteiger partial charge on any atom is 0.224 e. The highest BCUT2D eigenvalue weighted by Crippen LogP contribution is 2.26. The second kappa shape index (κ2) is 9.93. The van der Waals surface area contributed by atoms with Crippen LogP contribution in [0.5, 0.6) is 0 Å². The molecule has 1 N–H and O–H groups in total. The molecule has 1 fully saturated rings. The third-order valence-electron chi connectivity index (χ3n) is 4.58. The highest BCUT2D eigenvalue weighted by Gasteiger charge is 2.32. The van der Waals surface area contributed by atoms with Crippen LogP contribution < -0.4 is 5.32 Å². The van der Waals surface area contributed by atoms with Crippen molar-refractivity contribution in [3.63, 3.8) is 0 Å². The first-order valence-corrected chi connectivity index (χ1v) is 11.4. The number of nitrogens with zero attached hydrogens (tertiary/aromatic N) is 1. The number of halogens is 2. The van der Waals surface area contributed by atoms with E-state index in [4.69, 9.17) is 23.2 Å². The van der Waals surface area contributed by atoms with Crippen molar-refractivity contribution in [2.45, 2.75) is 44.8 Å². The Morgan fingerprint density at radius 3 is 2.77 bits per heavy atom. The Morgan fingerprint density at radius 2 is 2.08 bits per heavy atom. The first-order chi connectivity index (χ1) is 12.3. The zero-order chi connectivity index (χ0) is 19.2. The quantitative estimate of drug-likeness (QED) is 0.649. The largest absolute Gasteiger partial charge is 0.356 e. The first-order valence-electron chi connectivity index (χ1n) is 9.03. The Morgan fingerprint density at radius 1 is 1.31 bits per heavy atom. The molecule has 5 nitrogen and oxygen atoms in total. The van der Waals surface area contributed by atoms with Gasteiger partial charge < -0.3 is 5.32 Å². The Kier molecular flexibility index (Phi) is 8.20. The lowest BCUT2D eigenvalue weighted by Gasteiger charge is -2.31. The maximum atomic E-state index is 12.8. The number of carbonyl (C=O) groups excluding carboxylic acids is 1. The minimum Gasteiger partial charge on any atom is -0.356 e. The molecule has 1 heterocycles. The third-order valence-corrected chi connectivity index (χ3v) is 6.96. The van der Waals surface area contributed by atoms with Crippen LogP contribution in [0.4, 0.5) is 0 Å². The number of hydrogen-bond donors (Lipinski definition) is 1. The fourth-order valence-electron chi connectivity index (χ4n) is 3.07. The highest BCUT2D eigenvalue weighted by molar-refractivity contribution is 7.88. The summed E-state index contributed by atoms with van der Waals surface area (Å²) in [6.45, 7) is 3.43. The van der Waals surface area contributed by atoms with E-state index in [0.717, 1.165) is 19.3 Å². The average molecular weight is 421 g/mol. The summed E-state index contributed by atoms with van der Waals surface area (Å²) in [6.07, 6.45) is 4.52.